The molecule has 0 aliphatic heterocycles. The number of thiophene rings is 1. The number of carbonyl (C=O) groups excluding carboxylic acids is 1. The molecule has 0 radical (unpaired) electrons. The van der Waals surface area contributed by atoms with E-state index in [0.29, 0.717) is 49.2 Å². The molecule has 41 heavy (non-hydrogen) atoms. The molecular formula is C29H23Cl2F3N4OS2. The summed E-state index contributed by atoms with van der Waals surface area (Å²) < 4.78 is 43.6. The number of primary amides is 1. The van der Waals surface area contributed by atoms with Crippen LogP contribution in [0.2, 0.25) is 10.0 Å². The minimum Gasteiger partial charge on any atom is -0.364 e. The summed E-state index contributed by atoms with van der Waals surface area (Å²) in [5.74, 6) is 5.26. The largest absolute Gasteiger partial charge is 0.416 e. The lowest BCUT2D eigenvalue weighted by Gasteiger charge is -2.12. The molecule has 5 nitrogen and oxygen atoms in total. The van der Waals surface area contributed by atoms with Crippen molar-refractivity contribution >= 4 is 52.4 Å². The van der Waals surface area contributed by atoms with Crippen molar-refractivity contribution in [3.63, 3.8) is 0 Å². The second-order valence-corrected chi connectivity index (χ2v) is 12.5. The first-order valence-electron chi connectivity index (χ1n) is 12.7. The minimum absolute atomic E-state index is 0.122. The number of halogens is 5. The standard InChI is InChI=1S/C29H23Cl2F3N4OS2/c30-19-10-13-24(23(31)15-19)38-27(22(26(37-38)28(35)39)16-36-41-21-3-1-2-4-21)25-14-12-20(40-25)11-7-17-5-8-18(9-6-17)29(32,33)34/h5-6,8-10,12-15,21,36H,1-4,16H2,(H2,35,39). The molecule has 5 rings (SSSR count). The highest BCUT2D eigenvalue weighted by Crippen LogP contribution is 2.37. The fraction of sp³-hybridized carbons (Fsp3) is 0.241. The lowest BCUT2D eigenvalue weighted by atomic mass is 10.1. The first-order chi connectivity index (χ1) is 19.6. The summed E-state index contributed by atoms with van der Waals surface area (Å²) >= 11 is 15.7. The molecule has 2 heterocycles. The molecule has 1 fully saturated rings. The Bertz CT molecular complexity index is 1630. The van der Waals surface area contributed by atoms with Gasteiger partial charge in [0, 0.05) is 27.9 Å². The van der Waals surface area contributed by atoms with E-state index in [-0.39, 0.29) is 5.69 Å². The van der Waals surface area contributed by atoms with Crippen molar-refractivity contribution in [2.45, 2.75) is 43.7 Å². The molecule has 0 atom stereocenters. The molecule has 1 amide bonds. The number of nitrogens with two attached hydrogens (primary N) is 1. The van der Waals surface area contributed by atoms with Crippen molar-refractivity contribution in [1.29, 1.82) is 0 Å². The molecular weight excluding hydrogens is 612 g/mol. The van der Waals surface area contributed by atoms with E-state index in [1.165, 1.54) is 36.3 Å². The van der Waals surface area contributed by atoms with Gasteiger partial charge in [-0.05, 0) is 67.4 Å². The first kappa shape index (κ1) is 29.5. The molecule has 0 spiro atoms. The van der Waals surface area contributed by atoms with Crippen LogP contribution in [0, 0.1) is 11.8 Å². The smallest absolute Gasteiger partial charge is 0.364 e. The van der Waals surface area contributed by atoms with Gasteiger partial charge in [-0.25, -0.2) is 4.68 Å². The molecule has 1 aliphatic carbocycles. The van der Waals surface area contributed by atoms with Crippen LogP contribution in [0.5, 0.6) is 0 Å². The van der Waals surface area contributed by atoms with Gasteiger partial charge in [0.25, 0.3) is 5.91 Å². The third kappa shape index (κ3) is 6.93. The van der Waals surface area contributed by atoms with Gasteiger partial charge in [-0.3, -0.25) is 9.52 Å². The second kappa shape index (κ2) is 12.5. The van der Waals surface area contributed by atoms with Gasteiger partial charge in [-0.2, -0.15) is 18.3 Å². The summed E-state index contributed by atoms with van der Waals surface area (Å²) in [5.41, 5.74) is 7.40. The molecule has 2 aromatic carbocycles. The molecule has 0 unspecified atom stereocenters. The van der Waals surface area contributed by atoms with Gasteiger partial charge in [0.05, 0.1) is 31.7 Å². The van der Waals surface area contributed by atoms with E-state index in [9.17, 15) is 18.0 Å². The van der Waals surface area contributed by atoms with E-state index in [1.54, 1.807) is 34.8 Å². The summed E-state index contributed by atoms with van der Waals surface area (Å²) in [4.78, 5) is 14.0. The zero-order valence-electron chi connectivity index (χ0n) is 21.4. The minimum atomic E-state index is -4.41. The second-order valence-electron chi connectivity index (χ2n) is 9.38. The van der Waals surface area contributed by atoms with Gasteiger partial charge in [-0.1, -0.05) is 59.8 Å². The normalized spacial score (nSPS) is 13.8. The zero-order valence-corrected chi connectivity index (χ0v) is 24.5. The SMILES string of the molecule is NC(=O)c1nn(-c2ccc(Cl)cc2Cl)c(-c2ccc(C#Cc3ccc(C(F)(F)F)cc3)s2)c1CNSC1CCCC1. The van der Waals surface area contributed by atoms with Crippen LogP contribution in [0.1, 0.15) is 57.7 Å². The highest BCUT2D eigenvalue weighted by Gasteiger charge is 2.30. The highest BCUT2D eigenvalue weighted by molar-refractivity contribution is 7.98. The van der Waals surface area contributed by atoms with Gasteiger partial charge in [0.1, 0.15) is 0 Å². The number of hydrogen-bond donors (Lipinski definition) is 2. The van der Waals surface area contributed by atoms with Crippen molar-refractivity contribution in [2.75, 3.05) is 0 Å². The van der Waals surface area contributed by atoms with Gasteiger partial charge in [0.15, 0.2) is 5.69 Å². The highest BCUT2D eigenvalue weighted by atomic mass is 35.5. The number of alkyl halides is 3. The zero-order chi connectivity index (χ0) is 29.1. The maximum atomic E-state index is 12.9. The maximum Gasteiger partial charge on any atom is 0.416 e. The number of hydrogen-bond acceptors (Lipinski definition) is 5. The van der Waals surface area contributed by atoms with Crippen LogP contribution in [-0.4, -0.2) is 20.9 Å². The van der Waals surface area contributed by atoms with E-state index < -0.39 is 17.6 Å². The topological polar surface area (TPSA) is 72.9 Å². The predicted molar refractivity (Wildman–Crippen MR) is 160 cm³/mol. The van der Waals surface area contributed by atoms with E-state index in [0.717, 1.165) is 29.9 Å². The quantitative estimate of drug-likeness (QED) is 0.159. The Kier molecular flexibility index (Phi) is 9.02. The van der Waals surface area contributed by atoms with Gasteiger partial charge < -0.3 is 5.73 Å². The predicted octanol–water partition coefficient (Wildman–Crippen LogP) is 8.11. The molecule has 1 saturated carbocycles. The Labute approximate surface area is 253 Å². The Balaban J connectivity index is 1.52. The van der Waals surface area contributed by atoms with E-state index in [1.807, 2.05) is 12.1 Å². The third-order valence-electron chi connectivity index (χ3n) is 6.54. The van der Waals surface area contributed by atoms with Gasteiger partial charge in [-0.15, -0.1) is 11.3 Å². The molecule has 2 aromatic heterocycles. The fourth-order valence-corrected chi connectivity index (χ4v) is 6.98. The van der Waals surface area contributed by atoms with Crippen LogP contribution in [0.25, 0.3) is 16.3 Å². The summed E-state index contributed by atoms with van der Waals surface area (Å²) in [7, 11) is 0. The van der Waals surface area contributed by atoms with Crippen LogP contribution in [0.4, 0.5) is 13.2 Å². The number of rotatable bonds is 7. The first-order valence-corrected chi connectivity index (χ1v) is 15.1. The number of nitrogens with one attached hydrogen (secondary N) is 1. The Morgan fingerprint density at radius 1 is 1.10 bits per heavy atom. The van der Waals surface area contributed by atoms with E-state index in [2.05, 4.69) is 21.7 Å². The molecule has 3 N–H and O–H groups in total. The van der Waals surface area contributed by atoms with Gasteiger partial charge >= 0.3 is 6.18 Å². The molecule has 0 saturated heterocycles. The maximum absolute atomic E-state index is 12.9. The van der Waals surface area contributed by atoms with Crippen molar-refractivity contribution in [3.05, 3.63) is 91.9 Å². The number of aromatic nitrogens is 2. The van der Waals surface area contributed by atoms with Crippen LogP contribution in [0.15, 0.2) is 54.6 Å². The number of nitrogens with zero attached hydrogens (tertiary/aromatic N) is 2. The summed E-state index contributed by atoms with van der Waals surface area (Å²) in [6, 6.07) is 13.4. The Hall–Kier alpha value is -2.94. The number of amides is 1. The Morgan fingerprint density at radius 3 is 2.49 bits per heavy atom. The van der Waals surface area contributed by atoms with Crippen molar-refractivity contribution in [1.82, 2.24) is 14.5 Å². The summed E-state index contributed by atoms with van der Waals surface area (Å²) in [6.07, 6.45) is 0.277. The monoisotopic (exact) mass is 634 g/mol. The summed E-state index contributed by atoms with van der Waals surface area (Å²) in [5, 5.41) is 5.87. The molecule has 1 aliphatic rings. The average Bonchev–Trinajstić information content (AvgIpc) is 3.68. The van der Waals surface area contributed by atoms with E-state index in [4.69, 9.17) is 28.9 Å². The molecule has 0 bridgehead atoms. The van der Waals surface area contributed by atoms with Crippen LogP contribution >= 0.6 is 46.5 Å². The molecule has 4 aromatic rings. The van der Waals surface area contributed by atoms with Crippen LogP contribution in [0.3, 0.4) is 0 Å². The average molecular weight is 636 g/mol. The van der Waals surface area contributed by atoms with Crippen molar-refractivity contribution in [3.8, 4) is 28.1 Å². The molecule has 12 heteroatoms. The molecule has 212 valence electrons. The lowest BCUT2D eigenvalue weighted by Crippen LogP contribution is -2.17. The third-order valence-corrected chi connectivity index (χ3v) is 9.20. The fourth-order valence-electron chi connectivity index (χ4n) is 4.54. The number of benzene rings is 2. The van der Waals surface area contributed by atoms with Crippen LogP contribution in [-0.2, 0) is 12.7 Å². The van der Waals surface area contributed by atoms with Crippen molar-refractivity contribution in [2.24, 2.45) is 5.73 Å². The lowest BCUT2D eigenvalue weighted by molar-refractivity contribution is -0.137. The van der Waals surface area contributed by atoms with Gasteiger partial charge in [0.2, 0.25) is 0 Å². The van der Waals surface area contributed by atoms with Crippen molar-refractivity contribution < 1.29 is 18.0 Å². The van der Waals surface area contributed by atoms with Crippen LogP contribution < -0.4 is 10.5 Å². The van der Waals surface area contributed by atoms with E-state index >= 15 is 0 Å². The number of carbonyl (C=O) groups is 1. The Morgan fingerprint density at radius 2 is 1.83 bits per heavy atom. The summed E-state index contributed by atoms with van der Waals surface area (Å²) in [6.45, 7) is 0.338.